The molecule has 0 aliphatic carbocycles. The molecule has 2 amide bonds. The Morgan fingerprint density at radius 2 is 1.93 bits per heavy atom. The van der Waals surface area contributed by atoms with Crippen molar-refractivity contribution in [1.82, 2.24) is 19.8 Å². The smallest absolute Gasteiger partial charge is 0.273 e. The van der Waals surface area contributed by atoms with E-state index in [0.717, 1.165) is 17.5 Å². The quantitative estimate of drug-likeness (QED) is 0.707. The molecule has 8 heteroatoms. The number of rotatable bonds is 4. The van der Waals surface area contributed by atoms with Crippen molar-refractivity contribution in [1.29, 1.82) is 0 Å². The maximum Gasteiger partial charge on any atom is 0.273 e. The van der Waals surface area contributed by atoms with Gasteiger partial charge >= 0.3 is 0 Å². The van der Waals surface area contributed by atoms with Gasteiger partial charge in [-0.25, -0.2) is 4.98 Å². The summed E-state index contributed by atoms with van der Waals surface area (Å²) >= 11 is 1.27. The number of nitrogens with zero attached hydrogens (tertiary/aromatic N) is 3. The lowest BCUT2D eigenvalue weighted by atomic mass is 10.1. The van der Waals surface area contributed by atoms with Crippen LogP contribution in [-0.4, -0.2) is 57.8 Å². The number of nitrogens with one attached hydrogen (secondary N) is 1. The zero-order valence-electron chi connectivity index (χ0n) is 15.6. The van der Waals surface area contributed by atoms with Crippen LogP contribution in [0.4, 0.5) is 5.13 Å². The molecule has 3 N–H and O–H groups in total. The Balaban J connectivity index is 1.33. The maximum atomic E-state index is 12.7. The van der Waals surface area contributed by atoms with E-state index >= 15 is 0 Å². The number of aromatic nitrogens is 2. The van der Waals surface area contributed by atoms with E-state index in [4.69, 9.17) is 5.73 Å². The van der Waals surface area contributed by atoms with Gasteiger partial charge in [0.2, 0.25) is 5.91 Å². The lowest BCUT2D eigenvalue weighted by Gasteiger charge is -2.21. The number of para-hydroxylation sites is 1. The zero-order chi connectivity index (χ0) is 19.5. The number of carbonyl (C=O) groups excluding carboxylic acids is 2. The topological polar surface area (TPSA) is 95.3 Å². The number of nitrogens with two attached hydrogens (primary N) is 1. The van der Waals surface area contributed by atoms with Crippen molar-refractivity contribution >= 4 is 39.2 Å². The fourth-order valence-electron chi connectivity index (χ4n) is 3.66. The number of aryl methyl sites for hydroxylation is 1. The molecule has 0 radical (unpaired) electrons. The van der Waals surface area contributed by atoms with Crippen LogP contribution in [0.3, 0.4) is 0 Å². The minimum atomic E-state index is -0.110. The number of carbonyl (C=O) groups is 2. The Kier molecular flexibility index (Phi) is 5.29. The Morgan fingerprint density at radius 1 is 1.14 bits per heavy atom. The first-order valence-corrected chi connectivity index (χ1v) is 10.3. The van der Waals surface area contributed by atoms with Crippen LogP contribution in [-0.2, 0) is 11.2 Å². The summed E-state index contributed by atoms with van der Waals surface area (Å²) in [6.07, 6.45) is 3.93. The number of benzene rings is 1. The summed E-state index contributed by atoms with van der Waals surface area (Å²) in [5.74, 6) is 0.0264. The highest BCUT2D eigenvalue weighted by Crippen LogP contribution is 2.20. The molecule has 2 aromatic heterocycles. The Morgan fingerprint density at radius 3 is 2.75 bits per heavy atom. The first-order chi connectivity index (χ1) is 13.6. The van der Waals surface area contributed by atoms with Gasteiger partial charge in [0.1, 0.15) is 5.69 Å². The fraction of sp³-hybridized carbons (Fsp3) is 0.350. The molecule has 3 aromatic rings. The predicted octanol–water partition coefficient (Wildman–Crippen LogP) is 2.51. The van der Waals surface area contributed by atoms with Crippen molar-refractivity contribution in [2.45, 2.75) is 19.3 Å². The second kappa shape index (κ2) is 8.02. The molecule has 0 bridgehead atoms. The standard InChI is InChI=1S/C20H23N5O2S/c21-20-23-17(13-28-20)19(27)25-9-3-8-24(10-11-25)18(26)7-6-14-12-22-16-5-2-1-4-15(14)16/h1-2,4-5,12-13,22H,3,6-11H2,(H2,21,23). The summed E-state index contributed by atoms with van der Waals surface area (Å²) in [6, 6.07) is 8.12. The molecule has 1 aliphatic heterocycles. The summed E-state index contributed by atoms with van der Waals surface area (Å²) in [5.41, 5.74) is 8.28. The molecule has 1 aromatic carbocycles. The van der Waals surface area contributed by atoms with Gasteiger partial charge in [-0.2, -0.15) is 0 Å². The summed E-state index contributed by atoms with van der Waals surface area (Å²) in [4.78, 5) is 36.2. The molecule has 0 spiro atoms. The van der Waals surface area contributed by atoms with E-state index in [0.29, 0.717) is 49.8 Å². The van der Waals surface area contributed by atoms with Crippen LogP contribution in [0.5, 0.6) is 0 Å². The van der Waals surface area contributed by atoms with E-state index in [9.17, 15) is 9.59 Å². The second-order valence-electron chi connectivity index (χ2n) is 6.96. The van der Waals surface area contributed by atoms with E-state index in [2.05, 4.69) is 16.0 Å². The van der Waals surface area contributed by atoms with E-state index in [1.165, 1.54) is 16.7 Å². The molecular weight excluding hydrogens is 374 g/mol. The third-order valence-electron chi connectivity index (χ3n) is 5.16. The van der Waals surface area contributed by atoms with Gasteiger partial charge in [-0.05, 0) is 24.5 Å². The predicted molar refractivity (Wildman–Crippen MR) is 110 cm³/mol. The van der Waals surface area contributed by atoms with Crippen molar-refractivity contribution in [3.8, 4) is 0 Å². The van der Waals surface area contributed by atoms with Crippen LogP contribution in [0.15, 0.2) is 35.8 Å². The van der Waals surface area contributed by atoms with E-state index in [1.54, 1.807) is 10.3 Å². The van der Waals surface area contributed by atoms with E-state index in [-0.39, 0.29) is 11.8 Å². The van der Waals surface area contributed by atoms with Crippen molar-refractivity contribution in [3.05, 3.63) is 47.1 Å². The average Bonchev–Trinajstić information content (AvgIpc) is 3.24. The zero-order valence-corrected chi connectivity index (χ0v) is 16.4. The Hall–Kier alpha value is -2.87. The average molecular weight is 398 g/mol. The Labute approximate surface area is 167 Å². The van der Waals surface area contributed by atoms with Crippen molar-refractivity contribution in [2.75, 3.05) is 31.9 Å². The number of aromatic amines is 1. The number of nitrogen functional groups attached to an aromatic ring is 1. The number of H-pyrrole nitrogens is 1. The van der Waals surface area contributed by atoms with E-state index < -0.39 is 0 Å². The molecule has 0 unspecified atom stereocenters. The third kappa shape index (κ3) is 3.87. The fourth-order valence-corrected chi connectivity index (χ4v) is 4.19. The molecule has 7 nitrogen and oxygen atoms in total. The molecule has 1 saturated heterocycles. The summed E-state index contributed by atoms with van der Waals surface area (Å²) < 4.78 is 0. The molecule has 146 valence electrons. The highest BCUT2D eigenvalue weighted by Gasteiger charge is 2.24. The van der Waals surface area contributed by atoms with Gasteiger partial charge in [-0.1, -0.05) is 18.2 Å². The first-order valence-electron chi connectivity index (χ1n) is 9.45. The van der Waals surface area contributed by atoms with Crippen LogP contribution in [0.25, 0.3) is 10.9 Å². The largest absolute Gasteiger partial charge is 0.375 e. The second-order valence-corrected chi connectivity index (χ2v) is 7.85. The van der Waals surface area contributed by atoms with Gasteiger partial charge < -0.3 is 20.5 Å². The van der Waals surface area contributed by atoms with Crippen molar-refractivity contribution in [3.63, 3.8) is 0 Å². The minimum absolute atomic E-state index is 0.110. The SMILES string of the molecule is Nc1nc(C(=O)N2CCCN(C(=O)CCc3c[nH]c4ccccc34)CC2)cs1. The van der Waals surface area contributed by atoms with Gasteiger partial charge in [-0.15, -0.1) is 11.3 Å². The number of thiazole rings is 1. The van der Waals surface area contributed by atoms with Crippen LogP contribution < -0.4 is 5.73 Å². The van der Waals surface area contributed by atoms with Crippen molar-refractivity contribution < 1.29 is 9.59 Å². The molecule has 3 heterocycles. The number of anilines is 1. The van der Waals surface area contributed by atoms with Gasteiger partial charge in [0.05, 0.1) is 0 Å². The normalized spacial score (nSPS) is 15.0. The lowest BCUT2D eigenvalue weighted by Crippen LogP contribution is -2.37. The summed E-state index contributed by atoms with van der Waals surface area (Å²) in [6.45, 7) is 2.38. The first kappa shape index (κ1) is 18.5. The van der Waals surface area contributed by atoms with Crippen LogP contribution in [0.1, 0.15) is 28.9 Å². The number of hydrogen-bond donors (Lipinski definition) is 2. The molecule has 0 atom stereocenters. The van der Waals surface area contributed by atoms with Gasteiger partial charge in [0.25, 0.3) is 5.91 Å². The van der Waals surface area contributed by atoms with Crippen LogP contribution in [0, 0.1) is 0 Å². The number of hydrogen-bond acceptors (Lipinski definition) is 5. The third-order valence-corrected chi connectivity index (χ3v) is 5.83. The Bertz CT molecular complexity index is 995. The monoisotopic (exact) mass is 397 g/mol. The number of amides is 2. The van der Waals surface area contributed by atoms with Gasteiger partial charge in [0, 0.05) is 55.1 Å². The summed E-state index contributed by atoms with van der Waals surface area (Å²) in [7, 11) is 0. The van der Waals surface area contributed by atoms with Crippen LogP contribution in [0.2, 0.25) is 0 Å². The molecule has 1 aliphatic rings. The minimum Gasteiger partial charge on any atom is -0.375 e. The molecule has 1 fully saturated rings. The van der Waals surface area contributed by atoms with Crippen LogP contribution >= 0.6 is 11.3 Å². The van der Waals surface area contributed by atoms with Gasteiger partial charge in [0.15, 0.2) is 5.13 Å². The highest BCUT2D eigenvalue weighted by atomic mass is 32.1. The summed E-state index contributed by atoms with van der Waals surface area (Å²) in [5, 5.41) is 3.25. The van der Waals surface area contributed by atoms with Gasteiger partial charge in [-0.3, -0.25) is 9.59 Å². The number of fused-ring (bicyclic) bond motifs is 1. The molecular formula is C20H23N5O2S. The maximum absolute atomic E-state index is 12.7. The lowest BCUT2D eigenvalue weighted by molar-refractivity contribution is -0.131. The van der Waals surface area contributed by atoms with Crippen molar-refractivity contribution in [2.24, 2.45) is 0 Å². The molecule has 28 heavy (non-hydrogen) atoms. The highest BCUT2D eigenvalue weighted by molar-refractivity contribution is 7.13. The van der Waals surface area contributed by atoms with E-state index in [1.807, 2.05) is 29.3 Å². The molecule has 4 rings (SSSR count). The molecule has 0 saturated carbocycles.